The van der Waals surface area contributed by atoms with Crippen LogP contribution in [0.5, 0.6) is 5.88 Å². The highest BCUT2D eigenvalue weighted by Crippen LogP contribution is 2.50. The van der Waals surface area contributed by atoms with Crippen LogP contribution in [-0.4, -0.2) is 43.1 Å². The summed E-state index contributed by atoms with van der Waals surface area (Å²) in [7, 11) is -3.68. The van der Waals surface area contributed by atoms with Gasteiger partial charge in [0.15, 0.2) is 4.90 Å². The Morgan fingerprint density at radius 2 is 2.17 bits per heavy atom. The molecule has 0 spiro atoms. The van der Waals surface area contributed by atoms with Crippen LogP contribution in [0.3, 0.4) is 0 Å². The summed E-state index contributed by atoms with van der Waals surface area (Å²) in [5, 5.41) is 4.19. The zero-order valence-corrected chi connectivity index (χ0v) is 14.5. The van der Waals surface area contributed by atoms with Crippen LogP contribution in [0, 0.1) is 11.3 Å². The normalized spacial score (nSPS) is 32.7. The van der Waals surface area contributed by atoms with Crippen molar-refractivity contribution in [2.24, 2.45) is 11.3 Å². The van der Waals surface area contributed by atoms with Gasteiger partial charge in [-0.25, -0.2) is 17.8 Å². The van der Waals surface area contributed by atoms with E-state index in [0.717, 1.165) is 19.4 Å². The first-order valence-electron chi connectivity index (χ1n) is 8.06. The molecule has 1 N–H and O–H groups in total. The van der Waals surface area contributed by atoms with Gasteiger partial charge in [0.25, 0.3) is 0 Å². The Labute approximate surface area is 136 Å². The highest BCUT2D eigenvalue weighted by atomic mass is 32.2. The minimum absolute atomic E-state index is 0.0572. The van der Waals surface area contributed by atoms with Gasteiger partial charge in [0.05, 0.1) is 31.6 Å². The monoisotopic (exact) mass is 341 g/mol. The van der Waals surface area contributed by atoms with Crippen molar-refractivity contribution in [2.45, 2.75) is 56.7 Å². The molecule has 8 heteroatoms. The standard InChI is InChI=1S/C15H23N3O4S/c1-10(15-4-11(5-15)7-22-15)17-23(19,20)12-6-16-18-8-14(2,3)9-21-13(12)18/h6,10-11,17H,4-5,7-9H2,1-3H3. The molecule has 0 amide bonds. The van der Waals surface area contributed by atoms with Crippen LogP contribution in [0.2, 0.25) is 0 Å². The molecule has 1 saturated carbocycles. The predicted octanol–water partition coefficient (Wildman–Crippen LogP) is 1.15. The van der Waals surface area contributed by atoms with Crippen LogP contribution in [-0.2, 0) is 21.3 Å². The quantitative estimate of drug-likeness (QED) is 0.888. The molecule has 1 aliphatic carbocycles. The van der Waals surface area contributed by atoms with E-state index in [0.29, 0.717) is 24.9 Å². The maximum absolute atomic E-state index is 12.8. The van der Waals surface area contributed by atoms with Crippen molar-refractivity contribution in [3.05, 3.63) is 6.20 Å². The third kappa shape index (κ3) is 2.38. The number of hydrogen-bond acceptors (Lipinski definition) is 5. The molecule has 3 fully saturated rings. The number of sulfonamides is 1. The molecule has 0 aromatic carbocycles. The predicted molar refractivity (Wildman–Crippen MR) is 82.7 cm³/mol. The first-order chi connectivity index (χ1) is 10.7. The summed E-state index contributed by atoms with van der Waals surface area (Å²) >= 11 is 0. The maximum atomic E-state index is 12.8. The minimum Gasteiger partial charge on any atom is -0.476 e. The van der Waals surface area contributed by atoms with Gasteiger partial charge in [-0.15, -0.1) is 0 Å². The van der Waals surface area contributed by atoms with E-state index in [4.69, 9.17) is 9.47 Å². The number of hydrogen-bond donors (Lipinski definition) is 1. The molecule has 7 nitrogen and oxygen atoms in total. The summed E-state index contributed by atoms with van der Waals surface area (Å²) in [4.78, 5) is 0.116. The second-order valence-electron chi connectivity index (χ2n) is 7.92. The molecule has 1 atom stereocenters. The Kier molecular flexibility index (Phi) is 3.15. The molecule has 4 aliphatic rings. The smallest absolute Gasteiger partial charge is 0.247 e. The average molecular weight is 341 g/mol. The molecule has 1 unspecified atom stereocenters. The van der Waals surface area contributed by atoms with E-state index < -0.39 is 10.0 Å². The average Bonchev–Trinajstić information content (AvgIpc) is 3.08. The first kappa shape index (κ1) is 15.4. The molecular weight excluding hydrogens is 318 g/mol. The second-order valence-corrected chi connectivity index (χ2v) is 9.60. The zero-order chi connectivity index (χ0) is 16.5. The summed E-state index contributed by atoms with van der Waals surface area (Å²) in [5.74, 6) is 0.928. The number of rotatable bonds is 4. The molecule has 3 aliphatic heterocycles. The molecule has 2 saturated heterocycles. The summed E-state index contributed by atoms with van der Waals surface area (Å²) in [6, 6.07) is -0.262. The lowest BCUT2D eigenvalue weighted by molar-refractivity contribution is -0.0210. The fourth-order valence-corrected chi connectivity index (χ4v) is 5.22. The lowest BCUT2D eigenvalue weighted by atomic mass is 9.71. The van der Waals surface area contributed by atoms with Crippen LogP contribution < -0.4 is 9.46 Å². The Morgan fingerprint density at radius 1 is 1.43 bits per heavy atom. The van der Waals surface area contributed by atoms with Gasteiger partial charge in [0.1, 0.15) is 0 Å². The van der Waals surface area contributed by atoms with Gasteiger partial charge in [-0.05, 0) is 25.7 Å². The van der Waals surface area contributed by atoms with Gasteiger partial charge in [-0.1, -0.05) is 13.8 Å². The van der Waals surface area contributed by atoms with E-state index >= 15 is 0 Å². The van der Waals surface area contributed by atoms with Crippen molar-refractivity contribution < 1.29 is 17.9 Å². The topological polar surface area (TPSA) is 82.5 Å². The van der Waals surface area contributed by atoms with Gasteiger partial charge < -0.3 is 9.47 Å². The van der Waals surface area contributed by atoms with Crippen LogP contribution in [0.4, 0.5) is 0 Å². The molecule has 128 valence electrons. The summed E-state index contributed by atoms with van der Waals surface area (Å²) in [5.41, 5.74) is -0.383. The van der Waals surface area contributed by atoms with E-state index in [1.807, 2.05) is 6.92 Å². The molecule has 23 heavy (non-hydrogen) atoms. The Balaban J connectivity index is 1.57. The summed E-state index contributed by atoms with van der Waals surface area (Å²) in [6.07, 6.45) is 3.25. The molecule has 0 radical (unpaired) electrons. The number of ether oxygens (including phenoxy) is 2. The van der Waals surface area contributed by atoms with E-state index in [1.54, 1.807) is 4.68 Å². The van der Waals surface area contributed by atoms with E-state index in [9.17, 15) is 8.42 Å². The molecule has 2 bridgehead atoms. The fraction of sp³-hybridized carbons (Fsp3) is 0.800. The largest absolute Gasteiger partial charge is 0.476 e. The lowest BCUT2D eigenvalue weighted by Gasteiger charge is -2.41. The van der Waals surface area contributed by atoms with E-state index in [-0.39, 0.29) is 22.0 Å². The maximum Gasteiger partial charge on any atom is 0.247 e. The first-order valence-corrected chi connectivity index (χ1v) is 9.54. The fourth-order valence-electron chi connectivity index (χ4n) is 3.83. The Hall–Kier alpha value is -1.12. The molecule has 1 aromatic heterocycles. The highest BCUT2D eigenvalue weighted by Gasteiger charge is 2.56. The lowest BCUT2D eigenvalue weighted by Crippen LogP contribution is -2.54. The van der Waals surface area contributed by atoms with Crippen molar-refractivity contribution in [2.75, 3.05) is 13.2 Å². The van der Waals surface area contributed by atoms with Crippen LogP contribution in [0.15, 0.2) is 11.1 Å². The highest BCUT2D eigenvalue weighted by molar-refractivity contribution is 7.89. The van der Waals surface area contributed by atoms with Crippen LogP contribution >= 0.6 is 0 Å². The summed E-state index contributed by atoms with van der Waals surface area (Å²) < 4.78 is 41.4. The van der Waals surface area contributed by atoms with Crippen molar-refractivity contribution in [1.82, 2.24) is 14.5 Å². The van der Waals surface area contributed by atoms with E-state index in [2.05, 4.69) is 23.7 Å². The number of nitrogens with zero attached hydrogens (tertiary/aromatic N) is 2. The molecule has 5 rings (SSSR count). The van der Waals surface area contributed by atoms with Crippen molar-refractivity contribution in [3.8, 4) is 5.88 Å². The van der Waals surface area contributed by atoms with Crippen LogP contribution in [0.1, 0.15) is 33.6 Å². The van der Waals surface area contributed by atoms with E-state index in [1.165, 1.54) is 6.20 Å². The van der Waals surface area contributed by atoms with Crippen molar-refractivity contribution in [1.29, 1.82) is 0 Å². The van der Waals surface area contributed by atoms with Crippen molar-refractivity contribution in [3.63, 3.8) is 0 Å². The molecule has 1 aromatic rings. The minimum atomic E-state index is -3.68. The van der Waals surface area contributed by atoms with Crippen molar-refractivity contribution >= 4 is 10.0 Å². The number of nitrogens with one attached hydrogen (secondary N) is 1. The molecule has 4 heterocycles. The van der Waals surface area contributed by atoms with Gasteiger partial charge >= 0.3 is 0 Å². The third-order valence-electron chi connectivity index (χ3n) is 5.22. The van der Waals surface area contributed by atoms with Gasteiger partial charge in [0.2, 0.25) is 15.9 Å². The van der Waals surface area contributed by atoms with Gasteiger partial charge in [-0.3, -0.25) is 0 Å². The number of aromatic nitrogens is 2. The molecular formula is C15H23N3O4S. The SMILES string of the molecule is CC(NS(=O)(=O)c1cnn2c1OCC(C)(C)C2)C12CC(CO1)C2. The summed E-state index contributed by atoms with van der Waals surface area (Å²) in [6.45, 7) is 7.87. The van der Waals surface area contributed by atoms with Gasteiger partial charge in [0, 0.05) is 11.5 Å². The van der Waals surface area contributed by atoms with Crippen LogP contribution in [0.25, 0.3) is 0 Å². The number of fused-ring (bicyclic) bond motifs is 2. The Bertz CT molecular complexity index is 728. The van der Waals surface area contributed by atoms with Gasteiger partial charge in [-0.2, -0.15) is 5.10 Å². The zero-order valence-electron chi connectivity index (χ0n) is 13.7. The third-order valence-corrected chi connectivity index (χ3v) is 6.75. The second kappa shape index (κ2) is 4.70. The Morgan fingerprint density at radius 3 is 2.83 bits per heavy atom.